The minimum Gasteiger partial charge on any atom is -0.497 e. The molecule has 20 nitrogen and oxygen atoms in total. The summed E-state index contributed by atoms with van der Waals surface area (Å²) in [7, 11) is 3.33. The Morgan fingerprint density at radius 3 is 1.54 bits per heavy atom. The highest BCUT2D eigenvalue weighted by atomic mass is 79.9. The SMILES string of the molecule is COc1ccc(Cn2cnc3cnc(Br)cc32)cc1.COc1ccc(Cn2cnc3cnc(Nc4cncc(C)n4)cc32)cc1.Cc1cncc(N)n1.Cc1cncc(Nc2cc3nc[nH]c3cn2)n1. The van der Waals surface area contributed by atoms with Gasteiger partial charge in [0.1, 0.15) is 56.2 Å². The number of imidazole rings is 3. The predicted octanol–water partition coefficient (Wildman–Crippen LogP) is 8.75. The fourth-order valence-electron chi connectivity index (χ4n) is 6.77. The quantitative estimate of drug-likeness (QED) is 0.0935. The lowest BCUT2D eigenvalue weighted by Gasteiger charge is -2.08. The van der Waals surface area contributed by atoms with Gasteiger partial charge >= 0.3 is 0 Å². The lowest BCUT2D eigenvalue weighted by atomic mass is 10.2. The number of hydrogen-bond acceptors (Lipinski definition) is 17. The molecule has 0 aliphatic carbocycles. The molecular formula is C49H47BrN18O2. The maximum Gasteiger partial charge on any atom is 0.150 e. The van der Waals surface area contributed by atoms with Gasteiger partial charge in [-0.25, -0.2) is 44.9 Å². The van der Waals surface area contributed by atoms with Crippen LogP contribution in [0, 0.1) is 20.8 Å². The largest absolute Gasteiger partial charge is 0.497 e. The topological polar surface area (TPSA) is 249 Å². The van der Waals surface area contributed by atoms with Gasteiger partial charge < -0.3 is 40.0 Å². The number of nitrogens with zero attached hydrogens (tertiary/aromatic N) is 14. The summed E-state index contributed by atoms with van der Waals surface area (Å²) in [6.45, 7) is 7.13. The van der Waals surface area contributed by atoms with E-state index in [1.807, 2.05) is 88.0 Å². The molecule has 0 unspecified atom stereocenters. The van der Waals surface area contributed by atoms with Crippen molar-refractivity contribution in [2.75, 3.05) is 30.6 Å². The Morgan fingerprint density at radius 2 is 1.03 bits per heavy atom. The second-order valence-corrected chi connectivity index (χ2v) is 16.2. The van der Waals surface area contributed by atoms with Crippen molar-refractivity contribution in [2.45, 2.75) is 33.9 Å². The molecule has 0 fully saturated rings. The molecule has 5 N–H and O–H groups in total. The maximum atomic E-state index is 5.28. The monoisotopic (exact) mass is 998 g/mol. The zero-order chi connectivity index (χ0) is 48.8. The molecule has 0 radical (unpaired) electrons. The van der Waals surface area contributed by atoms with Crippen molar-refractivity contribution in [3.63, 3.8) is 0 Å². The Balaban J connectivity index is 0.000000133. The van der Waals surface area contributed by atoms with Gasteiger partial charge in [0.25, 0.3) is 0 Å². The van der Waals surface area contributed by atoms with Gasteiger partial charge in [0, 0.05) is 43.8 Å². The van der Waals surface area contributed by atoms with E-state index < -0.39 is 0 Å². The summed E-state index contributed by atoms with van der Waals surface area (Å²) >= 11 is 3.39. The number of H-pyrrole nitrogens is 1. The van der Waals surface area contributed by atoms with Gasteiger partial charge in [-0.2, -0.15) is 0 Å². The molecule has 21 heteroatoms. The number of pyridine rings is 3. The fourth-order valence-corrected chi connectivity index (χ4v) is 7.09. The summed E-state index contributed by atoms with van der Waals surface area (Å²) in [6, 6.07) is 21.9. The van der Waals surface area contributed by atoms with Crippen LogP contribution in [0.4, 0.5) is 29.1 Å². The van der Waals surface area contributed by atoms with Crippen molar-refractivity contribution in [2.24, 2.45) is 0 Å². The van der Waals surface area contributed by atoms with E-state index in [1.165, 1.54) is 17.3 Å². The Labute approximate surface area is 410 Å². The molecule has 9 heterocycles. The molecule has 0 aliphatic rings. The van der Waals surface area contributed by atoms with Crippen LogP contribution >= 0.6 is 15.9 Å². The molecule has 0 aliphatic heterocycles. The third-order valence-electron chi connectivity index (χ3n) is 10.1. The molecule has 0 atom stereocenters. The van der Waals surface area contributed by atoms with Crippen molar-refractivity contribution >= 4 is 78.1 Å². The zero-order valence-corrected chi connectivity index (χ0v) is 40.3. The van der Waals surface area contributed by atoms with Crippen molar-refractivity contribution in [1.29, 1.82) is 0 Å². The molecule has 0 bridgehead atoms. The molecule has 2 aromatic carbocycles. The van der Waals surface area contributed by atoms with Gasteiger partial charge in [-0.3, -0.25) is 15.0 Å². The second-order valence-electron chi connectivity index (χ2n) is 15.4. The first-order chi connectivity index (χ1) is 34.1. The number of aromatic amines is 1. The number of nitrogens with two attached hydrogens (primary N) is 1. The lowest BCUT2D eigenvalue weighted by Crippen LogP contribution is -2.00. The van der Waals surface area contributed by atoms with Gasteiger partial charge in [-0.15, -0.1) is 0 Å². The van der Waals surface area contributed by atoms with Crippen LogP contribution in [0.25, 0.3) is 33.1 Å². The van der Waals surface area contributed by atoms with Crippen LogP contribution in [-0.2, 0) is 13.1 Å². The normalized spacial score (nSPS) is 10.6. The van der Waals surface area contributed by atoms with Gasteiger partial charge in [-0.05, 0) is 78.2 Å². The van der Waals surface area contributed by atoms with Crippen molar-refractivity contribution in [1.82, 2.24) is 73.9 Å². The molecule has 11 aromatic rings. The molecule has 0 amide bonds. The number of ether oxygens (including phenoxy) is 2. The summed E-state index contributed by atoms with van der Waals surface area (Å²) in [5.41, 5.74) is 15.8. The smallest absolute Gasteiger partial charge is 0.150 e. The molecule has 0 spiro atoms. The molecule has 0 saturated heterocycles. The Kier molecular flexibility index (Phi) is 15.4. The highest BCUT2D eigenvalue weighted by Gasteiger charge is 2.09. The number of rotatable bonds is 10. The van der Waals surface area contributed by atoms with E-state index in [4.69, 9.17) is 15.2 Å². The van der Waals surface area contributed by atoms with Crippen LogP contribution in [0.5, 0.6) is 11.5 Å². The minimum atomic E-state index is 0.477. The van der Waals surface area contributed by atoms with Crippen molar-refractivity contribution < 1.29 is 9.47 Å². The van der Waals surface area contributed by atoms with Crippen LogP contribution < -0.4 is 25.8 Å². The number of nitrogens with one attached hydrogen (secondary N) is 3. The van der Waals surface area contributed by atoms with Crippen LogP contribution in [0.2, 0.25) is 0 Å². The van der Waals surface area contributed by atoms with Crippen LogP contribution in [0.15, 0.2) is 146 Å². The number of anilines is 5. The zero-order valence-electron chi connectivity index (χ0n) is 38.7. The van der Waals surface area contributed by atoms with E-state index in [1.54, 1.807) is 70.1 Å². The molecular weight excluding hydrogens is 953 g/mol. The number of fused-ring (bicyclic) bond motifs is 3. The first-order valence-electron chi connectivity index (χ1n) is 21.5. The van der Waals surface area contributed by atoms with Gasteiger partial charge in [-0.1, -0.05) is 24.3 Å². The number of halogens is 1. The average Bonchev–Trinajstić information content (AvgIpc) is 4.11. The number of hydrogen-bond donors (Lipinski definition) is 4. The Hall–Kier alpha value is -8.98. The lowest BCUT2D eigenvalue weighted by molar-refractivity contribution is 0.414. The van der Waals surface area contributed by atoms with Crippen molar-refractivity contribution in [3.8, 4) is 11.5 Å². The number of nitrogen functional groups attached to an aromatic ring is 1. The molecule has 11 rings (SSSR count). The van der Waals surface area contributed by atoms with E-state index in [-0.39, 0.29) is 0 Å². The Morgan fingerprint density at radius 1 is 0.529 bits per heavy atom. The number of aryl methyl sites for hydroxylation is 3. The number of aromatic nitrogens is 15. The third-order valence-corrected chi connectivity index (χ3v) is 10.5. The summed E-state index contributed by atoms with van der Waals surface area (Å²) < 4.78 is 15.4. The molecule has 70 heavy (non-hydrogen) atoms. The summed E-state index contributed by atoms with van der Waals surface area (Å²) in [5, 5.41) is 6.28. The van der Waals surface area contributed by atoms with E-state index in [0.717, 1.165) is 72.8 Å². The summed E-state index contributed by atoms with van der Waals surface area (Å²) in [6.07, 6.45) is 20.5. The Bertz CT molecular complexity index is 3430. The van der Waals surface area contributed by atoms with Crippen molar-refractivity contribution in [3.05, 3.63) is 174 Å². The van der Waals surface area contributed by atoms with Gasteiger partial charge in [0.2, 0.25) is 0 Å². The first kappa shape index (κ1) is 47.5. The van der Waals surface area contributed by atoms with E-state index in [0.29, 0.717) is 35.6 Å². The first-order valence-corrected chi connectivity index (χ1v) is 22.3. The second kappa shape index (κ2) is 22.7. The van der Waals surface area contributed by atoms with Crippen LogP contribution in [-0.4, -0.2) is 88.1 Å². The third kappa shape index (κ3) is 12.9. The van der Waals surface area contributed by atoms with E-state index in [2.05, 4.69) is 113 Å². The molecule has 9 aromatic heterocycles. The minimum absolute atomic E-state index is 0.477. The highest BCUT2D eigenvalue weighted by Crippen LogP contribution is 2.22. The molecule has 352 valence electrons. The average molecular weight is 1000 g/mol. The fraction of sp³-hybridized carbons (Fsp3) is 0.143. The maximum absolute atomic E-state index is 5.28. The van der Waals surface area contributed by atoms with E-state index in [9.17, 15) is 0 Å². The highest BCUT2D eigenvalue weighted by molar-refractivity contribution is 9.10. The molecule has 0 saturated carbocycles. The summed E-state index contributed by atoms with van der Waals surface area (Å²) in [5.74, 6) is 4.93. The number of benzene rings is 2. The predicted molar refractivity (Wildman–Crippen MR) is 272 cm³/mol. The standard InChI is InChI=1S/C19H18N6O.C14H12BrN3O.C11H10N6.C5H7N3/c1-13-8-20-10-19(23-13)24-18-7-17-16(9-21-18)22-12-25(17)11-14-3-5-15(26-2)6-4-14;1-19-11-4-2-10(3-5-11)8-18-9-17-12-7-16-14(15)6-13(12)18;1-7-3-12-5-11(16-7)17-10-2-8-9(4-13-10)15-6-14-8;1-4-2-7-3-5(6)8-4/h3-10,12H,11H2,1-2H3,(H,21,23,24);2-7,9H,8H2,1H3;2-6H,1H3,(H,14,15)(H,13,16,17);2-3H,1H3,(H2,6,8). The van der Waals surface area contributed by atoms with E-state index >= 15 is 0 Å². The van der Waals surface area contributed by atoms with Gasteiger partial charge in [0.05, 0.1) is 110 Å². The van der Waals surface area contributed by atoms with Crippen LogP contribution in [0.1, 0.15) is 28.2 Å². The number of methoxy groups -OCH3 is 2. The van der Waals surface area contributed by atoms with Gasteiger partial charge in [0.15, 0.2) is 0 Å². The summed E-state index contributed by atoms with van der Waals surface area (Å²) in [4.78, 5) is 53.3. The van der Waals surface area contributed by atoms with Crippen LogP contribution in [0.3, 0.4) is 0 Å².